The summed E-state index contributed by atoms with van der Waals surface area (Å²) in [6, 6.07) is 7.89. The minimum absolute atomic E-state index is 0.768. The molecule has 0 atom stereocenters. The molecule has 3 heteroatoms. The Labute approximate surface area is 85.6 Å². The third-order valence-electron chi connectivity index (χ3n) is 1.38. The van der Waals surface area contributed by atoms with E-state index in [-0.39, 0.29) is 0 Å². The average Bonchev–Trinajstić information content (AvgIpc) is 2.09. The smallest absolute Gasteiger partial charge is 0.133 e. The largest absolute Gasteiger partial charge is 0.492 e. The van der Waals surface area contributed by atoms with Crippen LogP contribution in [0, 0.1) is 0 Å². The summed E-state index contributed by atoms with van der Waals surface area (Å²) in [6.45, 7) is 0.768. The minimum atomic E-state index is 0.768. The van der Waals surface area contributed by atoms with Crippen LogP contribution in [-0.4, -0.2) is 18.6 Å². The summed E-state index contributed by atoms with van der Waals surface area (Å²) in [6.07, 6.45) is 2.07. The zero-order chi connectivity index (χ0) is 8.81. The monoisotopic (exact) mass is 246 g/mol. The van der Waals surface area contributed by atoms with Gasteiger partial charge in [-0.2, -0.15) is 11.8 Å². The number of hydrogen-bond donors (Lipinski definition) is 0. The number of benzene rings is 1. The van der Waals surface area contributed by atoms with Gasteiger partial charge in [-0.05, 0) is 34.3 Å². The lowest BCUT2D eigenvalue weighted by Gasteiger charge is -2.05. The average molecular weight is 247 g/mol. The van der Waals surface area contributed by atoms with Crippen LogP contribution in [-0.2, 0) is 0 Å². The Kier molecular flexibility index (Phi) is 4.54. The van der Waals surface area contributed by atoms with Crippen LogP contribution in [0.15, 0.2) is 28.7 Å². The van der Waals surface area contributed by atoms with Gasteiger partial charge in [0.15, 0.2) is 0 Å². The van der Waals surface area contributed by atoms with E-state index in [1.807, 2.05) is 24.3 Å². The fourth-order valence-corrected chi connectivity index (χ4v) is 1.45. The Bertz CT molecular complexity index is 240. The molecule has 0 radical (unpaired) electrons. The minimum Gasteiger partial charge on any atom is -0.492 e. The molecule has 0 aliphatic heterocycles. The molecule has 0 unspecified atom stereocenters. The van der Waals surface area contributed by atoms with E-state index in [9.17, 15) is 0 Å². The number of thioether (sulfide) groups is 1. The van der Waals surface area contributed by atoms with Crippen LogP contribution in [0.4, 0.5) is 0 Å². The molecule has 0 amide bonds. The standard InChI is InChI=1S/C9H11BrOS/c1-12-7-6-11-9-5-3-2-4-8(9)10/h2-5H,6-7H2,1H3. The van der Waals surface area contributed by atoms with Crippen molar-refractivity contribution in [1.82, 2.24) is 0 Å². The second kappa shape index (κ2) is 5.49. The summed E-state index contributed by atoms with van der Waals surface area (Å²) in [5.74, 6) is 1.95. The van der Waals surface area contributed by atoms with E-state index in [1.165, 1.54) is 0 Å². The highest BCUT2D eigenvalue weighted by molar-refractivity contribution is 9.10. The summed E-state index contributed by atoms with van der Waals surface area (Å²) in [4.78, 5) is 0. The molecule has 0 heterocycles. The summed E-state index contributed by atoms with van der Waals surface area (Å²) < 4.78 is 6.53. The Balaban J connectivity index is 2.46. The molecule has 0 spiro atoms. The molecule has 12 heavy (non-hydrogen) atoms. The highest BCUT2D eigenvalue weighted by Gasteiger charge is 1.97. The molecule has 1 nitrogen and oxygen atoms in total. The first-order valence-corrected chi connectivity index (χ1v) is 5.89. The van der Waals surface area contributed by atoms with E-state index >= 15 is 0 Å². The molecule has 0 fully saturated rings. The maximum Gasteiger partial charge on any atom is 0.133 e. The predicted octanol–water partition coefficient (Wildman–Crippen LogP) is 3.19. The van der Waals surface area contributed by atoms with Gasteiger partial charge < -0.3 is 4.74 Å². The highest BCUT2D eigenvalue weighted by Crippen LogP contribution is 2.23. The summed E-state index contributed by atoms with van der Waals surface area (Å²) in [5, 5.41) is 0. The van der Waals surface area contributed by atoms with Crippen LogP contribution in [0.1, 0.15) is 0 Å². The van der Waals surface area contributed by atoms with Gasteiger partial charge in [0.25, 0.3) is 0 Å². The van der Waals surface area contributed by atoms with Gasteiger partial charge in [0.05, 0.1) is 11.1 Å². The maximum atomic E-state index is 5.51. The summed E-state index contributed by atoms with van der Waals surface area (Å²) in [7, 11) is 0. The molecular weight excluding hydrogens is 236 g/mol. The zero-order valence-electron chi connectivity index (χ0n) is 6.92. The number of ether oxygens (including phenoxy) is 1. The van der Waals surface area contributed by atoms with Crippen molar-refractivity contribution in [2.45, 2.75) is 0 Å². The van der Waals surface area contributed by atoms with Gasteiger partial charge in [0.2, 0.25) is 0 Å². The molecule has 1 aromatic rings. The summed E-state index contributed by atoms with van der Waals surface area (Å²) in [5.41, 5.74) is 0. The lowest BCUT2D eigenvalue weighted by Crippen LogP contribution is -1.99. The number of para-hydroxylation sites is 1. The van der Waals surface area contributed by atoms with Gasteiger partial charge in [-0.1, -0.05) is 12.1 Å². The van der Waals surface area contributed by atoms with Crippen LogP contribution in [0.5, 0.6) is 5.75 Å². The van der Waals surface area contributed by atoms with Crippen molar-refractivity contribution in [3.05, 3.63) is 28.7 Å². The van der Waals surface area contributed by atoms with Crippen LogP contribution in [0.2, 0.25) is 0 Å². The highest BCUT2D eigenvalue weighted by atomic mass is 79.9. The number of halogens is 1. The van der Waals surface area contributed by atoms with E-state index in [4.69, 9.17) is 4.74 Å². The molecule has 0 saturated carbocycles. The molecule has 1 rings (SSSR count). The maximum absolute atomic E-state index is 5.51. The molecule has 0 aliphatic rings. The summed E-state index contributed by atoms with van der Waals surface area (Å²) >= 11 is 5.20. The Hall–Kier alpha value is -0.150. The van der Waals surface area contributed by atoms with E-state index in [1.54, 1.807) is 11.8 Å². The topological polar surface area (TPSA) is 9.23 Å². The third kappa shape index (κ3) is 3.07. The SMILES string of the molecule is CSCCOc1ccccc1Br. The predicted molar refractivity (Wildman–Crippen MR) is 58.0 cm³/mol. The molecule has 0 bridgehead atoms. The lowest BCUT2D eigenvalue weighted by atomic mass is 10.3. The number of hydrogen-bond acceptors (Lipinski definition) is 2. The Morgan fingerprint density at radius 1 is 1.42 bits per heavy atom. The molecular formula is C9H11BrOS. The first-order chi connectivity index (χ1) is 5.84. The van der Waals surface area contributed by atoms with E-state index in [0.717, 1.165) is 22.6 Å². The van der Waals surface area contributed by atoms with Crippen molar-refractivity contribution >= 4 is 27.7 Å². The quantitative estimate of drug-likeness (QED) is 0.755. The van der Waals surface area contributed by atoms with Crippen molar-refractivity contribution in [3.8, 4) is 5.75 Å². The van der Waals surface area contributed by atoms with Gasteiger partial charge in [0.1, 0.15) is 5.75 Å². The van der Waals surface area contributed by atoms with Crippen LogP contribution >= 0.6 is 27.7 Å². The van der Waals surface area contributed by atoms with E-state index in [2.05, 4.69) is 22.2 Å². The van der Waals surface area contributed by atoms with Crippen LogP contribution < -0.4 is 4.74 Å². The second-order valence-electron chi connectivity index (χ2n) is 2.27. The van der Waals surface area contributed by atoms with Crippen molar-refractivity contribution < 1.29 is 4.74 Å². The van der Waals surface area contributed by atoms with Gasteiger partial charge in [0, 0.05) is 5.75 Å². The Morgan fingerprint density at radius 2 is 2.17 bits per heavy atom. The zero-order valence-corrected chi connectivity index (χ0v) is 9.32. The van der Waals surface area contributed by atoms with E-state index in [0.29, 0.717) is 0 Å². The molecule has 66 valence electrons. The van der Waals surface area contributed by atoms with Gasteiger partial charge in [-0.25, -0.2) is 0 Å². The first-order valence-electron chi connectivity index (χ1n) is 3.71. The molecule has 0 N–H and O–H groups in total. The molecule has 0 aromatic heterocycles. The first kappa shape index (κ1) is 9.93. The molecule has 0 saturated heterocycles. The van der Waals surface area contributed by atoms with Crippen molar-refractivity contribution in [3.63, 3.8) is 0 Å². The molecule has 1 aromatic carbocycles. The van der Waals surface area contributed by atoms with Crippen molar-refractivity contribution in [2.24, 2.45) is 0 Å². The lowest BCUT2D eigenvalue weighted by molar-refractivity contribution is 0.342. The second-order valence-corrected chi connectivity index (χ2v) is 4.11. The van der Waals surface area contributed by atoms with Gasteiger partial charge in [-0.15, -0.1) is 0 Å². The third-order valence-corrected chi connectivity index (χ3v) is 2.61. The molecule has 0 aliphatic carbocycles. The normalized spacial score (nSPS) is 9.83. The van der Waals surface area contributed by atoms with Gasteiger partial charge >= 0.3 is 0 Å². The Morgan fingerprint density at radius 3 is 2.83 bits per heavy atom. The van der Waals surface area contributed by atoms with Crippen molar-refractivity contribution in [2.75, 3.05) is 18.6 Å². The fourth-order valence-electron chi connectivity index (χ4n) is 0.797. The van der Waals surface area contributed by atoms with E-state index < -0.39 is 0 Å². The van der Waals surface area contributed by atoms with Crippen molar-refractivity contribution in [1.29, 1.82) is 0 Å². The number of rotatable bonds is 4. The van der Waals surface area contributed by atoms with Crippen LogP contribution in [0.3, 0.4) is 0 Å². The fraction of sp³-hybridized carbons (Fsp3) is 0.333. The van der Waals surface area contributed by atoms with Gasteiger partial charge in [-0.3, -0.25) is 0 Å². The van der Waals surface area contributed by atoms with Crippen LogP contribution in [0.25, 0.3) is 0 Å².